The molecular formula is C13H10Cl2N2O. The molecule has 3 nitrogen and oxygen atoms in total. The molecular weight excluding hydrogens is 271 g/mol. The van der Waals surface area contributed by atoms with Crippen molar-refractivity contribution in [1.29, 1.82) is 0 Å². The van der Waals surface area contributed by atoms with Gasteiger partial charge in [0.15, 0.2) is 0 Å². The highest BCUT2D eigenvalue weighted by atomic mass is 35.5. The lowest BCUT2D eigenvalue weighted by atomic mass is 10.2. The van der Waals surface area contributed by atoms with Gasteiger partial charge in [0, 0.05) is 11.8 Å². The van der Waals surface area contributed by atoms with E-state index in [0.29, 0.717) is 16.3 Å². The van der Waals surface area contributed by atoms with Crippen molar-refractivity contribution in [3.05, 3.63) is 57.8 Å². The Kier molecular flexibility index (Phi) is 3.84. The minimum Gasteiger partial charge on any atom is -0.321 e. The number of anilines is 1. The Balaban J connectivity index is 2.24. The van der Waals surface area contributed by atoms with Crippen LogP contribution < -0.4 is 5.32 Å². The number of amides is 1. The topological polar surface area (TPSA) is 42.0 Å². The molecule has 0 radical (unpaired) electrons. The van der Waals surface area contributed by atoms with Crippen molar-refractivity contribution in [1.82, 2.24) is 4.98 Å². The maximum absolute atomic E-state index is 12.0. The first-order valence-electron chi connectivity index (χ1n) is 5.25. The lowest BCUT2D eigenvalue weighted by molar-refractivity contribution is 0.102. The first-order chi connectivity index (χ1) is 8.56. The van der Waals surface area contributed by atoms with E-state index < -0.39 is 0 Å². The largest absolute Gasteiger partial charge is 0.321 e. The van der Waals surface area contributed by atoms with Gasteiger partial charge in [0.1, 0.15) is 5.15 Å². The van der Waals surface area contributed by atoms with Gasteiger partial charge in [0.05, 0.1) is 10.7 Å². The normalized spacial score (nSPS) is 10.2. The highest BCUT2D eigenvalue weighted by Gasteiger charge is 2.09. The predicted molar refractivity (Wildman–Crippen MR) is 73.4 cm³/mol. The van der Waals surface area contributed by atoms with E-state index in [0.717, 1.165) is 5.56 Å². The Bertz CT molecular complexity index is 599. The van der Waals surface area contributed by atoms with E-state index in [-0.39, 0.29) is 11.1 Å². The van der Waals surface area contributed by atoms with E-state index in [4.69, 9.17) is 23.2 Å². The number of hydrogen-bond acceptors (Lipinski definition) is 2. The second kappa shape index (κ2) is 5.38. The number of aromatic nitrogens is 1. The maximum Gasteiger partial charge on any atom is 0.255 e. The Hall–Kier alpha value is -1.58. The number of carbonyl (C=O) groups is 1. The molecule has 0 saturated heterocycles. The van der Waals surface area contributed by atoms with Crippen LogP contribution in [-0.2, 0) is 0 Å². The molecule has 2 rings (SSSR count). The zero-order valence-electron chi connectivity index (χ0n) is 9.58. The second-order valence-electron chi connectivity index (χ2n) is 3.80. The molecule has 0 spiro atoms. The van der Waals surface area contributed by atoms with Crippen molar-refractivity contribution in [3.63, 3.8) is 0 Å². The third-order valence-corrected chi connectivity index (χ3v) is 2.90. The van der Waals surface area contributed by atoms with Gasteiger partial charge in [-0.05, 0) is 36.8 Å². The first kappa shape index (κ1) is 12.9. The zero-order valence-corrected chi connectivity index (χ0v) is 11.1. The summed E-state index contributed by atoms with van der Waals surface area (Å²) in [6, 6.07) is 8.52. The van der Waals surface area contributed by atoms with E-state index in [1.165, 1.54) is 12.3 Å². The number of hydrogen-bond donors (Lipinski definition) is 1. The van der Waals surface area contributed by atoms with E-state index in [1.807, 2.05) is 19.1 Å². The Morgan fingerprint density at radius 3 is 2.72 bits per heavy atom. The molecule has 1 amide bonds. The highest BCUT2D eigenvalue weighted by Crippen LogP contribution is 2.23. The van der Waals surface area contributed by atoms with Gasteiger partial charge in [0.2, 0.25) is 0 Å². The molecule has 0 aliphatic rings. The number of halogens is 2. The number of nitrogens with zero attached hydrogens (tertiary/aromatic N) is 1. The van der Waals surface area contributed by atoms with Crippen LogP contribution in [0, 0.1) is 6.92 Å². The summed E-state index contributed by atoms with van der Waals surface area (Å²) < 4.78 is 0. The van der Waals surface area contributed by atoms with Gasteiger partial charge in [-0.1, -0.05) is 29.3 Å². The monoisotopic (exact) mass is 280 g/mol. The van der Waals surface area contributed by atoms with Crippen LogP contribution in [0.1, 0.15) is 15.9 Å². The van der Waals surface area contributed by atoms with Crippen LogP contribution in [0.5, 0.6) is 0 Å². The Labute approximate surface area is 115 Å². The van der Waals surface area contributed by atoms with Crippen molar-refractivity contribution < 1.29 is 4.79 Å². The van der Waals surface area contributed by atoms with Crippen molar-refractivity contribution in [3.8, 4) is 0 Å². The van der Waals surface area contributed by atoms with Gasteiger partial charge >= 0.3 is 0 Å². The van der Waals surface area contributed by atoms with Crippen LogP contribution in [0.15, 0.2) is 36.5 Å². The molecule has 92 valence electrons. The molecule has 0 unspecified atom stereocenters. The van der Waals surface area contributed by atoms with E-state index in [1.54, 1.807) is 12.1 Å². The quantitative estimate of drug-likeness (QED) is 0.847. The van der Waals surface area contributed by atoms with Crippen molar-refractivity contribution in [2.45, 2.75) is 6.92 Å². The molecule has 0 bridgehead atoms. The number of carbonyl (C=O) groups excluding carboxylic acids is 1. The molecule has 1 aromatic carbocycles. The van der Waals surface area contributed by atoms with E-state index >= 15 is 0 Å². The molecule has 1 heterocycles. The average Bonchev–Trinajstić information content (AvgIpc) is 2.34. The van der Waals surface area contributed by atoms with Gasteiger partial charge in [-0.25, -0.2) is 4.98 Å². The lowest BCUT2D eigenvalue weighted by Crippen LogP contribution is -2.12. The fourth-order valence-corrected chi connectivity index (χ4v) is 1.81. The van der Waals surface area contributed by atoms with Crippen LogP contribution in [-0.4, -0.2) is 10.9 Å². The number of pyridine rings is 1. The summed E-state index contributed by atoms with van der Waals surface area (Å²) in [6.45, 7) is 1.93. The third-order valence-electron chi connectivity index (χ3n) is 2.36. The predicted octanol–water partition coefficient (Wildman–Crippen LogP) is 3.95. The number of aryl methyl sites for hydroxylation is 1. The van der Waals surface area contributed by atoms with E-state index in [2.05, 4.69) is 10.3 Å². The van der Waals surface area contributed by atoms with Crippen LogP contribution in [0.3, 0.4) is 0 Å². The minimum absolute atomic E-state index is 0.271. The number of nitrogens with one attached hydrogen (secondary N) is 1. The summed E-state index contributed by atoms with van der Waals surface area (Å²) in [5.41, 5.74) is 2.03. The van der Waals surface area contributed by atoms with Crippen molar-refractivity contribution in [2.75, 3.05) is 5.32 Å². The fraction of sp³-hybridized carbons (Fsp3) is 0.0769. The summed E-state index contributed by atoms with van der Waals surface area (Å²) in [6.07, 6.45) is 1.48. The van der Waals surface area contributed by atoms with Crippen LogP contribution >= 0.6 is 23.2 Å². The molecule has 0 atom stereocenters. The highest BCUT2D eigenvalue weighted by molar-refractivity contribution is 6.34. The smallest absolute Gasteiger partial charge is 0.255 e. The molecule has 2 aromatic rings. The average molecular weight is 281 g/mol. The summed E-state index contributed by atoms with van der Waals surface area (Å²) in [7, 11) is 0. The molecule has 0 aliphatic carbocycles. The van der Waals surface area contributed by atoms with Gasteiger partial charge in [-0.3, -0.25) is 4.79 Å². The van der Waals surface area contributed by atoms with Crippen LogP contribution in [0.25, 0.3) is 0 Å². The lowest BCUT2D eigenvalue weighted by Gasteiger charge is -2.08. The summed E-state index contributed by atoms with van der Waals surface area (Å²) in [5, 5.41) is 3.51. The summed E-state index contributed by atoms with van der Waals surface area (Å²) >= 11 is 11.7. The minimum atomic E-state index is -0.271. The van der Waals surface area contributed by atoms with E-state index in [9.17, 15) is 4.79 Å². The van der Waals surface area contributed by atoms with Gasteiger partial charge in [-0.15, -0.1) is 0 Å². The SMILES string of the molecule is Cc1ccc(Cl)c(NC(=O)c2ccnc(Cl)c2)c1. The first-order valence-corrected chi connectivity index (χ1v) is 6.01. The molecule has 1 N–H and O–H groups in total. The molecule has 0 saturated carbocycles. The van der Waals surface area contributed by atoms with Gasteiger partial charge < -0.3 is 5.32 Å². The Morgan fingerprint density at radius 1 is 1.22 bits per heavy atom. The molecule has 18 heavy (non-hydrogen) atoms. The van der Waals surface area contributed by atoms with Crippen LogP contribution in [0.4, 0.5) is 5.69 Å². The standard InChI is InChI=1S/C13H10Cl2N2O/c1-8-2-3-10(14)11(6-8)17-13(18)9-4-5-16-12(15)7-9/h2-7H,1H3,(H,17,18). The number of benzene rings is 1. The molecule has 1 aromatic heterocycles. The van der Waals surface area contributed by atoms with Gasteiger partial charge in [0.25, 0.3) is 5.91 Å². The second-order valence-corrected chi connectivity index (χ2v) is 4.60. The zero-order chi connectivity index (χ0) is 13.1. The third kappa shape index (κ3) is 3.00. The summed E-state index contributed by atoms with van der Waals surface area (Å²) in [4.78, 5) is 15.8. The molecule has 5 heteroatoms. The summed E-state index contributed by atoms with van der Waals surface area (Å²) in [5.74, 6) is -0.271. The van der Waals surface area contributed by atoms with Crippen LogP contribution in [0.2, 0.25) is 10.2 Å². The van der Waals surface area contributed by atoms with Crippen molar-refractivity contribution >= 4 is 34.8 Å². The molecule has 0 fully saturated rings. The Morgan fingerprint density at radius 2 is 2.00 bits per heavy atom. The van der Waals surface area contributed by atoms with Gasteiger partial charge in [-0.2, -0.15) is 0 Å². The number of rotatable bonds is 2. The fourth-order valence-electron chi connectivity index (χ4n) is 1.47. The van der Waals surface area contributed by atoms with Crippen molar-refractivity contribution in [2.24, 2.45) is 0 Å². The maximum atomic E-state index is 12.0. The molecule has 0 aliphatic heterocycles.